The van der Waals surface area contributed by atoms with Crippen molar-refractivity contribution in [3.63, 3.8) is 0 Å². The van der Waals surface area contributed by atoms with Crippen molar-refractivity contribution < 1.29 is 9.59 Å². The van der Waals surface area contributed by atoms with E-state index in [1.807, 2.05) is 6.92 Å². The third kappa shape index (κ3) is 2.60. The smallest absolute Gasteiger partial charge is 0.230 e. The first-order chi connectivity index (χ1) is 9.40. The Morgan fingerprint density at radius 1 is 1.30 bits per heavy atom. The van der Waals surface area contributed by atoms with Gasteiger partial charge in [0.1, 0.15) is 5.54 Å². The number of hydrogen-bond acceptors (Lipinski definition) is 3. The molecule has 0 aromatic rings. The van der Waals surface area contributed by atoms with Gasteiger partial charge in [0.05, 0.1) is 4.99 Å². The number of amides is 2. The van der Waals surface area contributed by atoms with Crippen molar-refractivity contribution in [2.24, 2.45) is 17.6 Å². The third-order valence-electron chi connectivity index (χ3n) is 4.94. The van der Waals surface area contributed by atoms with Crippen molar-refractivity contribution in [1.82, 2.24) is 4.90 Å². The molecule has 0 radical (unpaired) electrons. The Labute approximate surface area is 126 Å². The average Bonchev–Trinajstić information content (AvgIpc) is 2.38. The number of hydrogen-bond donors (Lipinski definition) is 1. The number of carbonyl (C=O) groups excluding carboxylic acids is 2. The molecule has 1 heterocycles. The predicted molar refractivity (Wildman–Crippen MR) is 82.0 cm³/mol. The first-order valence-electron chi connectivity index (χ1n) is 7.56. The summed E-state index contributed by atoms with van der Waals surface area (Å²) in [7, 11) is 0. The van der Waals surface area contributed by atoms with Crippen LogP contribution in [0.3, 0.4) is 0 Å². The quantitative estimate of drug-likeness (QED) is 0.641. The molecule has 0 atom stereocenters. The largest absolute Gasteiger partial charge is 0.391 e. The molecule has 0 aromatic heterocycles. The zero-order chi connectivity index (χ0) is 14.9. The van der Waals surface area contributed by atoms with Gasteiger partial charge in [0.2, 0.25) is 11.8 Å². The molecule has 0 spiro atoms. The minimum atomic E-state index is -0.699. The van der Waals surface area contributed by atoms with Crippen LogP contribution in [0.5, 0.6) is 0 Å². The van der Waals surface area contributed by atoms with Crippen LogP contribution in [0.4, 0.5) is 0 Å². The highest BCUT2D eigenvalue weighted by Crippen LogP contribution is 2.40. The highest BCUT2D eigenvalue weighted by atomic mass is 32.1. The Morgan fingerprint density at radius 2 is 1.80 bits per heavy atom. The van der Waals surface area contributed by atoms with E-state index in [1.54, 1.807) is 0 Å². The fourth-order valence-electron chi connectivity index (χ4n) is 3.61. The minimum absolute atomic E-state index is 0.100. The van der Waals surface area contributed by atoms with Crippen LogP contribution < -0.4 is 5.73 Å². The molecule has 2 fully saturated rings. The number of nitrogens with two attached hydrogens (primary N) is 1. The summed E-state index contributed by atoms with van der Waals surface area (Å²) in [5, 5.41) is 0. The number of imide groups is 1. The maximum atomic E-state index is 12.4. The van der Waals surface area contributed by atoms with Gasteiger partial charge in [0.15, 0.2) is 0 Å². The summed E-state index contributed by atoms with van der Waals surface area (Å²) in [6.45, 7) is 4.12. The molecule has 1 saturated heterocycles. The summed E-state index contributed by atoms with van der Waals surface area (Å²) in [5.74, 6) is 0.584. The highest BCUT2D eigenvalue weighted by molar-refractivity contribution is 7.80. The number of thiocarbonyl (C=S) groups is 1. The van der Waals surface area contributed by atoms with Crippen LogP contribution in [0.15, 0.2) is 0 Å². The first-order valence-corrected chi connectivity index (χ1v) is 7.97. The van der Waals surface area contributed by atoms with Gasteiger partial charge < -0.3 is 5.73 Å². The summed E-state index contributed by atoms with van der Waals surface area (Å²) < 4.78 is 0. The van der Waals surface area contributed by atoms with Crippen molar-refractivity contribution in [3.8, 4) is 0 Å². The number of carbonyl (C=O) groups is 2. The molecule has 2 rings (SSSR count). The Morgan fingerprint density at radius 3 is 2.20 bits per heavy atom. The van der Waals surface area contributed by atoms with Gasteiger partial charge in [-0.15, -0.1) is 0 Å². The number of likely N-dealkylation sites (tertiary alicyclic amines) is 1. The second-order valence-corrected chi connectivity index (χ2v) is 6.82. The van der Waals surface area contributed by atoms with Crippen molar-refractivity contribution in [2.75, 3.05) is 0 Å². The molecular formula is C15H24N2O2S. The molecule has 0 bridgehead atoms. The van der Waals surface area contributed by atoms with Crippen LogP contribution >= 0.6 is 12.2 Å². The van der Waals surface area contributed by atoms with Gasteiger partial charge in [0.25, 0.3) is 0 Å². The fraction of sp³-hybridized carbons (Fsp3) is 0.800. The topological polar surface area (TPSA) is 63.4 Å². The molecule has 20 heavy (non-hydrogen) atoms. The number of rotatable bonds is 3. The van der Waals surface area contributed by atoms with E-state index in [1.165, 1.54) is 4.90 Å². The lowest BCUT2D eigenvalue weighted by Crippen LogP contribution is -2.64. The summed E-state index contributed by atoms with van der Waals surface area (Å²) in [6, 6.07) is 0. The van der Waals surface area contributed by atoms with Gasteiger partial charge >= 0.3 is 0 Å². The van der Waals surface area contributed by atoms with Crippen molar-refractivity contribution in [2.45, 2.75) is 64.3 Å². The summed E-state index contributed by atoms with van der Waals surface area (Å²) in [5.41, 5.74) is 5.27. The zero-order valence-corrected chi connectivity index (χ0v) is 13.2. The lowest BCUT2D eigenvalue weighted by Gasteiger charge is -2.48. The van der Waals surface area contributed by atoms with Gasteiger partial charge in [-0.3, -0.25) is 14.5 Å². The molecule has 2 amide bonds. The molecule has 0 unspecified atom stereocenters. The van der Waals surface area contributed by atoms with Crippen molar-refractivity contribution >= 4 is 29.0 Å². The number of piperidine rings is 1. The summed E-state index contributed by atoms with van der Waals surface area (Å²) in [6.07, 6.45) is 5.41. The molecule has 4 nitrogen and oxygen atoms in total. The van der Waals surface area contributed by atoms with Gasteiger partial charge in [-0.25, -0.2) is 0 Å². The average molecular weight is 296 g/mol. The van der Waals surface area contributed by atoms with Gasteiger partial charge in [-0.1, -0.05) is 32.5 Å². The Kier molecular flexibility index (Phi) is 4.47. The lowest BCUT2D eigenvalue weighted by atomic mass is 9.73. The molecule has 112 valence electrons. The van der Waals surface area contributed by atoms with E-state index < -0.39 is 5.54 Å². The molecule has 2 N–H and O–H groups in total. The van der Waals surface area contributed by atoms with E-state index in [0.717, 1.165) is 32.1 Å². The van der Waals surface area contributed by atoms with Crippen LogP contribution in [0, 0.1) is 11.8 Å². The maximum Gasteiger partial charge on any atom is 0.230 e. The standard InChI is InChI=1S/C15H24N2O2S/c1-3-11-4-6-15(7-5-11,14(16)20)17-12(18)8-10(2)9-13(17)19/h10-11H,3-9H2,1-2H3,(H2,16,20). The Hall–Kier alpha value is -0.970. The number of nitrogens with zero attached hydrogens (tertiary/aromatic N) is 1. The highest BCUT2D eigenvalue weighted by Gasteiger charge is 2.49. The molecule has 1 saturated carbocycles. The van der Waals surface area contributed by atoms with E-state index >= 15 is 0 Å². The van der Waals surface area contributed by atoms with Gasteiger partial charge in [0, 0.05) is 12.8 Å². The lowest BCUT2D eigenvalue weighted by molar-refractivity contribution is -0.156. The normalized spacial score (nSPS) is 32.5. The maximum absolute atomic E-state index is 12.4. The molecular weight excluding hydrogens is 272 g/mol. The van der Waals surface area contributed by atoms with Crippen molar-refractivity contribution in [1.29, 1.82) is 0 Å². The summed E-state index contributed by atoms with van der Waals surface area (Å²) in [4.78, 5) is 26.5. The van der Waals surface area contributed by atoms with Crippen LogP contribution in [-0.4, -0.2) is 27.2 Å². The van der Waals surface area contributed by atoms with E-state index in [-0.39, 0.29) is 17.7 Å². The Bertz CT molecular complexity index is 410. The summed E-state index contributed by atoms with van der Waals surface area (Å²) >= 11 is 5.25. The Balaban J connectivity index is 2.27. The molecule has 1 aliphatic heterocycles. The second kappa shape index (κ2) is 5.80. The first kappa shape index (κ1) is 15.4. The second-order valence-electron chi connectivity index (χ2n) is 6.38. The van der Waals surface area contributed by atoms with Crippen LogP contribution in [0.25, 0.3) is 0 Å². The van der Waals surface area contributed by atoms with Gasteiger partial charge in [-0.05, 0) is 37.5 Å². The van der Waals surface area contributed by atoms with Crippen molar-refractivity contribution in [3.05, 3.63) is 0 Å². The monoisotopic (exact) mass is 296 g/mol. The molecule has 1 aliphatic carbocycles. The SMILES string of the molecule is CCC1CCC(C(N)=S)(N2C(=O)CC(C)CC2=O)CC1. The zero-order valence-electron chi connectivity index (χ0n) is 12.4. The van der Waals surface area contributed by atoms with E-state index in [0.29, 0.717) is 23.7 Å². The fourth-order valence-corrected chi connectivity index (χ4v) is 3.91. The van der Waals surface area contributed by atoms with Crippen LogP contribution in [0.1, 0.15) is 58.8 Å². The molecule has 0 aromatic carbocycles. The van der Waals surface area contributed by atoms with E-state index in [4.69, 9.17) is 18.0 Å². The third-order valence-corrected chi connectivity index (χ3v) is 5.32. The van der Waals surface area contributed by atoms with Gasteiger partial charge in [-0.2, -0.15) is 0 Å². The molecule has 5 heteroatoms. The minimum Gasteiger partial charge on any atom is -0.391 e. The predicted octanol–water partition coefficient (Wildman–Crippen LogP) is 2.40. The van der Waals surface area contributed by atoms with Crippen LogP contribution in [0.2, 0.25) is 0 Å². The van der Waals surface area contributed by atoms with Crippen LogP contribution in [-0.2, 0) is 9.59 Å². The molecule has 2 aliphatic rings. The van der Waals surface area contributed by atoms with E-state index in [9.17, 15) is 9.59 Å². The van der Waals surface area contributed by atoms with E-state index in [2.05, 4.69) is 6.92 Å².